The van der Waals surface area contributed by atoms with Crippen LogP contribution in [0.5, 0.6) is 5.75 Å². The van der Waals surface area contributed by atoms with Crippen molar-refractivity contribution in [2.24, 2.45) is 0 Å². The summed E-state index contributed by atoms with van der Waals surface area (Å²) in [6, 6.07) is 8.10. The van der Waals surface area contributed by atoms with E-state index in [9.17, 15) is 9.59 Å². The van der Waals surface area contributed by atoms with E-state index in [0.717, 1.165) is 31.7 Å². The normalized spacial score (nSPS) is 17.8. The minimum Gasteiger partial charge on any atom is -0.491 e. The van der Waals surface area contributed by atoms with Crippen LogP contribution in [0.1, 0.15) is 51.6 Å². The van der Waals surface area contributed by atoms with Crippen molar-refractivity contribution in [1.82, 2.24) is 25.0 Å². The number of hydrogen-bond acceptors (Lipinski definition) is 6. The van der Waals surface area contributed by atoms with Crippen molar-refractivity contribution in [2.75, 3.05) is 26.2 Å². The van der Waals surface area contributed by atoms with Crippen molar-refractivity contribution in [2.45, 2.75) is 64.5 Å². The Labute approximate surface area is 189 Å². The maximum absolute atomic E-state index is 12.7. The van der Waals surface area contributed by atoms with Crippen LogP contribution < -0.4 is 10.3 Å². The number of piperazine rings is 1. The van der Waals surface area contributed by atoms with E-state index in [1.165, 1.54) is 25.7 Å². The maximum Gasteiger partial charge on any atom is 0.273 e. The third-order valence-electron chi connectivity index (χ3n) is 6.33. The van der Waals surface area contributed by atoms with Gasteiger partial charge in [0.2, 0.25) is 5.91 Å². The average molecular weight is 440 g/mol. The molecule has 8 nitrogen and oxygen atoms in total. The molecule has 0 atom stereocenters. The largest absolute Gasteiger partial charge is 0.491 e. The lowest BCUT2D eigenvalue weighted by Crippen LogP contribution is -2.51. The smallest absolute Gasteiger partial charge is 0.273 e. The summed E-state index contributed by atoms with van der Waals surface area (Å²) in [6.07, 6.45) is 5.87. The van der Waals surface area contributed by atoms with E-state index in [0.29, 0.717) is 29.7 Å². The number of nitrogens with zero attached hydrogens (tertiary/aromatic N) is 4. The zero-order valence-corrected chi connectivity index (χ0v) is 19.0. The van der Waals surface area contributed by atoms with Gasteiger partial charge in [0.15, 0.2) is 5.82 Å². The Kier molecular flexibility index (Phi) is 7.19. The van der Waals surface area contributed by atoms with Gasteiger partial charge in [-0.3, -0.25) is 14.5 Å². The van der Waals surface area contributed by atoms with Crippen LogP contribution in [0.3, 0.4) is 0 Å². The summed E-state index contributed by atoms with van der Waals surface area (Å²) < 4.78 is 5.70. The number of aromatic amines is 1. The monoisotopic (exact) mass is 439 g/mol. The molecule has 1 aliphatic heterocycles. The van der Waals surface area contributed by atoms with Gasteiger partial charge < -0.3 is 14.6 Å². The van der Waals surface area contributed by atoms with Gasteiger partial charge in [0.25, 0.3) is 5.56 Å². The Bertz CT molecular complexity index is 976. The van der Waals surface area contributed by atoms with E-state index in [-0.39, 0.29) is 24.0 Å². The fourth-order valence-corrected chi connectivity index (χ4v) is 4.63. The van der Waals surface area contributed by atoms with Gasteiger partial charge in [0.05, 0.1) is 6.10 Å². The molecule has 1 aliphatic carbocycles. The average Bonchev–Trinajstić information content (AvgIpc) is 3.33. The molecule has 4 rings (SSSR count). The van der Waals surface area contributed by atoms with Crippen LogP contribution in [-0.2, 0) is 11.2 Å². The first-order valence-corrected chi connectivity index (χ1v) is 11.7. The number of H-pyrrole nitrogens is 1. The molecule has 1 aromatic carbocycles. The van der Waals surface area contributed by atoms with Gasteiger partial charge in [-0.25, -0.2) is 0 Å². The molecule has 0 spiro atoms. The highest BCUT2D eigenvalue weighted by molar-refractivity contribution is 5.76. The van der Waals surface area contributed by atoms with Gasteiger partial charge in [-0.1, -0.05) is 25.0 Å². The molecule has 8 heteroatoms. The SMILES string of the molecule is CC(C)Oc1cccc(-c2nnc(CCC(=O)N3CCN(C4CCCC4)CC3)c(=O)[nH]2)c1. The lowest BCUT2D eigenvalue weighted by molar-refractivity contribution is -0.133. The van der Waals surface area contributed by atoms with Crippen LogP contribution >= 0.6 is 0 Å². The van der Waals surface area contributed by atoms with E-state index in [1.54, 1.807) is 0 Å². The number of carbonyl (C=O) groups is 1. The van der Waals surface area contributed by atoms with Crippen molar-refractivity contribution in [1.29, 1.82) is 0 Å². The zero-order valence-electron chi connectivity index (χ0n) is 19.0. The molecule has 0 unspecified atom stereocenters. The molecular weight excluding hydrogens is 406 g/mol. The molecule has 0 radical (unpaired) electrons. The van der Waals surface area contributed by atoms with Gasteiger partial charge in [-0.15, -0.1) is 10.2 Å². The predicted octanol–water partition coefficient (Wildman–Crippen LogP) is 2.64. The molecule has 1 amide bonds. The first-order valence-electron chi connectivity index (χ1n) is 11.7. The van der Waals surface area contributed by atoms with Crippen molar-refractivity contribution in [3.05, 3.63) is 40.3 Å². The molecule has 172 valence electrons. The molecular formula is C24H33N5O3. The third kappa shape index (κ3) is 5.54. The molecule has 1 aromatic heterocycles. The zero-order chi connectivity index (χ0) is 22.5. The van der Waals surface area contributed by atoms with E-state index >= 15 is 0 Å². The van der Waals surface area contributed by atoms with Gasteiger partial charge >= 0.3 is 0 Å². The number of nitrogens with one attached hydrogen (secondary N) is 1. The Morgan fingerprint density at radius 1 is 1.16 bits per heavy atom. The molecule has 0 bridgehead atoms. The fourth-order valence-electron chi connectivity index (χ4n) is 4.63. The summed E-state index contributed by atoms with van der Waals surface area (Å²) in [5.74, 6) is 1.19. The summed E-state index contributed by atoms with van der Waals surface area (Å²) in [6.45, 7) is 7.35. The van der Waals surface area contributed by atoms with E-state index in [2.05, 4.69) is 20.1 Å². The highest BCUT2D eigenvalue weighted by Gasteiger charge is 2.27. The topological polar surface area (TPSA) is 91.4 Å². The summed E-state index contributed by atoms with van der Waals surface area (Å²) >= 11 is 0. The van der Waals surface area contributed by atoms with Crippen LogP contribution in [0.15, 0.2) is 29.1 Å². The molecule has 1 saturated heterocycles. The number of amides is 1. The van der Waals surface area contributed by atoms with Crippen LogP contribution in [0, 0.1) is 0 Å². The molecule has 1 saturated carbocycles. The Hall–Kier alpha value is -2.74. The predicted molar refractivity (Wildman–Crippen MR) is 123 cm³/mol. The number of aryl methyl sites for hydroxylation is 1. The second-order valence-electron chi connectivity index (χ2n) is 9.00. The van der Waals surface area contributed by atoms with Gasteiger partial charge in [-0.2, -0.15) is 0 Å². The molecule has 2 aromatic rings. The third-order valence-corrected chi connectivity index (χ3v) is 6.33. The quantitative estimate of drug-likeness (QED) is 0.713. The number of hydrogen-bond donors (Lipinski definition) is 1. The minimum atomic E-state index is -0.302. The van der Waals surface area contributed by atoms with Crippen molar-refractivity contribution >= 4 is 5.91 Å². The lowest BCUT2D eigenvalue weighted by atomic mass is 10.1. The summed E-state index contributed by atoms with van der Waals surface area (Å²) in [5.41, 5.74) is 0.723. The standard InChI is InChI=1S/C24H33N5O3/c1-17(2)32-20-9-5-6-18(16-20)23-25-24(31)21(26-27-23)10-11-22(30)29-14-12-28(13-15-29)19-7-3-4-8-19/h5-6,9,16-17,19H,3-4,7-8,10-15H2,1-2H3,(H,25,27,31). The lowest BCUT2D eigenvalue weighted by Gasteiger charge is -2.38. The highest BCUT2D eigenvalue weighted by Crippen LogP contribution is 2.24. The van der Waals surface area contributed by atoms with E-state index < -0.39 is 0 Å². The number of ether oxygens (including phenoxy) is 1. The first-order chi connectivity index (χ1) is 15.5. The summed E-state index contributed by atoms with van der Waals surface area (Å²) in [4.78, 5) is 32.4. The number of benzene rings is 1. The fraction of sp³-hybridized carbons (Fsp3) is 0.583. The Morgan fingerprint density at radius 3 is 2.59 bits per heavy atom. The van der Waals surface area contributed by atoms with Crippen molar-refractivity contribution in [3.8, 4) is 17.1 Å². The molecule has 2 heterocycles. The van der Waals surface area contributed by atoms with E-state index in [4.69, 9.17) is 4.74 Å². The first kappa shape index (κ1) is 22.5. The number of rotatable bonds is 7. The maximum atomic E-state index is 12.7. The highest BCUT2D eigenvalue weighted by atomic mass is 16.5. The number of aromatic nitrogens is 3. The van der Waals surface area contributed by atoms with Gasteiger partial charge in [0.1, 0.15) is 11.4 Å². The van der Waals surface area contributed by atoms with Crippen LogP contribution in [-0.4, -0.2) is 69.2 Å². The van der Waals surface area contributed by atoms with Crippen molar-refractivity contribution < 1.29 is 9.53 Å². The van der Waals surface area contributed by atoms with Crippen LogP contribution in [0.2, 0.25) is 0 Å². The van der Waals surface area contributed by atoms with Gasteiger partial charge in [-0.05, 0) is 38.8 Å². The Balaban J connectivity index is 1.31. The number of carbonyl (C=O) groups excluding carboxylic acids is 1. The molecule has 2 fully saturated rings. The van der Waals surface area contributed by atoms with Crippen molar-refractivity contribution in [3.63, 3.8) is 0 Å². The molecule has 1 N–H and O–H groups in total. The minimum absolute atomic E-state index is 0.0565. The van der Waals surface area contributed by atoms with Gasteiger partial charge in [0, 0.05) is 50.6 Å². The second kappa shape index (κ2) is 10.3. The van der Waals surface area contributed by atoms with Crippen LogP contribution in [0.25, 0.3) is 11.4 Å². The van der Waals surface area contributed by atoms with E-state index in [1.807, 2.05) is 43.0 Å². The Morgan fingerprint density at radius 2 is 1.91 bits per heavy atom. The molecule has 2 aliphatic rings. The molecule has 32 heavy (non-hydrogen) atoms. The summed E-state index contributed by atoms with van der Waals surface area (Å²) in [7, 11) is 0. The summed E-state index contributed by atoms with van der Waals surface area (Å²) in [5, 5.41) is 8.29. The van der Waals surface area contributed by atoms with Crippen LogP contribution in [0.4, 0.5) is 0 Å². The second-order valence-corrected chi connectivity index (χ2v) is 9.00.